The number of nitrogens with one attached hydrogen (secondary N) is 1. The van der Waals surface area contributed by atoms with Crippen molar-refractivity contribution < 1.29 is 4.74 Å². The Morgan fingerprint density at radius 2 is 2.06 bits per heavy atom. The Labute approximate surface area is 113 Å². The quantitative estimate of drug-likeness (QED) is 0.916. The highest BCUT2D eigenvalue weighted by Crippen LogP contribution is 2.44. The topological polar surface area (TPSA) is 47.0 Å². The number of rotatable bonds is 3. The van der Waals surface area contributed by atoms with Crippen LogP contribution in [0.1, 0.15) is 46.9 Å². The molecule has 0 aromatic carbocycles. The summed E-state index contributed by atoms with van der Waals surface area (Å²) in [5.74, 6) is 0.912. The summed E-state index contributed by atoms with van der Waals surface area (Å²) in [5, 5.41) is 4.41. The Hall–Kier alpha value is -0.680. The van der Waals surface area contributed by atoms with Crippen molar-refractivity contribution in [3.8, 4) is 0 Å². The van der Waals surface area contributed by atoms with Crippen molar-refractivity contribution in [1.29, 1.82) is 0 Å². The summed E-state index contributed by atoms with van der Waals surface area (Å²) in [4.78, 5) is 4.58. The molecule has 18 heavy (non-hydrogen) atoms. The zero-order chi connectivity index (χ0) is 13.6. The Morgan fingerprint density at radius 3 is 2.50 bits per heavy atom. The molecule has 0 spiro atoms. The molecule has 2 atom stereocenters. The number of anilines is 1. The summed E-state index contributed by atoms with van der Waals surface area (Å²) >= 11 is 1.45. The van der Waals surface area contributed by atoms with E-state index in [9.17, 15) is 0 Å². The van der Waals surface area contributed by atoms with Gasteiger partial charge in [0.05, 0.1) is 6.10 Å². The van der Waals surface area contributed by atoms with E-state index in [2.05, 4.69) is 49.3 Å². The molecule has 0 radical (unpaired) electrons. The molecule has 1 fully saturated rings. The molecule has 0 amide bonds. The normalized spacial score (nSPS) is 26.8. The Balaban J connectivity index is 2.02. The smallest absolute Gasteiger partial charge is 0.202 e. The molecule has 1 saturated carbocycles. The van der Waals surface area contributed by atoms with Crippen molar-refractivity contribution in [2.75, 3.05) is 12.4 Å². The van der Waals surface area contributed by atoms with E-state index in [0.29, 0.717) is 12.1 Å². The van der Waals surface area contributed by atoms with Crippen LogP contribution in [0.25, 0.3) is 0 Å². The molecule has 102 valence electrons. The number of nitrogens with zero attached hydrogens (tertiary/aromatic N) is 2. The molecule has 1 aliphatic carbocycles. The van der Waals surface area contributed by atoms with E-state index < -0.39 is 0 Å². The van der Waals surface area contributed by atoms with Crippen molar-refractivity contribution in [3.05, 3.63) is 5.82 Å². The zero-order valence-electron chi connectivity index (χ0n) is 12.1. The lowest BCUT2D eigenvalue weighted by molar-refractivity contribution is -0.0794. The van der Waals surface area contributed by atoms with E-state index >= 15 is 0 Å². The fraction of sp³-hybridized carbons (Fsp3) is 0.846. The average molecular weight is 269 g/mol. The lowest BCUT2D eigenvalue weighted by atomic mass is 9.64. The second-order valence-electron chi connectivity index (χ2n) is 6.65. The van der Waals surface area contributed by atoms with Crippen LogP contribution < -0.4 is 5.32 Å². The van der Waals surface area contributed by atoms with Crippen molar-refractivity contribution in [1.82, 2.24) is 9.36 Å². The van der Waals surface area contributed by atoms with Crippen molar-refractivity contribution >= 4 is 16.7 Å². The first-order valence-electron chi connectivity index (χ1n) is 6.38. The van der Waals surface area contributed by atoms with E-state index in [4.69, 9.17) is 4.74 Å². The van der Waals surface area contributed by atoms with Crippen molar-refractivity contribution in [2.24, 2.45) is 5.41 Å². The third-order valence-electron chi connectivity index (χ3n) is 3.86. The van der Waals surface area contributed by atoms with Crippen LogP contribution in [0.5, 0.6) is 0 Å². The Morgan fingerprint density at radius 1 is 1.39 bits per heavy atom. The average Bonchev–Trinajstić information content (AvgIpc) is 2.71. The van der Waals surface area contributed by atoms with Gasteiger partial charge in [-0.1, -0.05) is 34.6 Å². The minimum absolute atomic E-state index is 0.0145. The molecule has 1 aromatic rings. The number of methoxy groups -OCH3 is 1. The molecule has 5 heteroatoms. The minimum Gasteiger partial charge on any atom is -0.381 e. The highest BCUT2D eigenvalue weighted by molar-refractivity contribution is 7.09. The number of ether oxygens (including phenoxy) is 1. The van der Waals surface area contributed by atoms with Gasteiger partial charge in [-0.3, -0.25) is 0 Å². The Bertz CT molecular complexity index is 422. The highest BCUT2D eigenvalue weighted by Gasteiger charge is 2.48. The van der Waals surface area contributed by atoms with E-state index in [1.807, 2.05) is 0 Å². The first kappa shape index (κ1) is 13.7. The van der Waals surface area contributed by atoms with Gasteiger partial charge < -0.3 is 10.1 Å². The maximum Gasteiger partial charge on any atom is 0.202 e. The monoisotopic (exact) mass is 269 g/mol. The summed E-state index contributed by atoms with van der Waals surface area (Å²) in [6, 6.07) is 0.420. The van der Waals surface area contributed by atoms with E-state index in [-0.39, 0.29) is 10.8 Å². The fourth-order valence-electron chi connectivity index (χ4n) is 2.27. The van der Waals surface area contributed by atoms with Gasteiger partial charge in [0.15, 0.2) is 0 Å². The molecular weight excluding hydrogens is 246 g/mol. The molecule has 0 saturated heterocycles. The van der Waals surface area contributed by atoms with Gasteiger partial charge in [0.25, 0.3) is 0 Å². The molecule has 1 N–H and O–H groups in total. The van der Waals surface area contributed by atoms with Crippen molar-refractivity contribution in [3.63, 3.8) is 0 Å². The molecule has 1 heterocycles. The maximum atomic E-state index is 5.46. The van der Waals surface area contributed by atoms with Gasteiger partial charge in [-0.25, -0.2) is 4.98 Å². The van der Waals surface area contributed by atoms with E-state index in [0.717, 1.165) is 17.4 Å². The standard InChI is InChI=1S/C13H23N3OS/c1-12(2,3)10-15-11(18-16-10)14-8-7-9(17-6)13(8,4)5/h8-9H,7H2,1-6H3,(H,14,15,16). The summed E-state index contributed by atoms with van der Waals surface area (Å²) in [7, 11) is 1.78. The zero-order valence-corrected chi connectivity index (χ0v) is 12.9. The molecular formula is C13H23N3OS. The predicted molar refractivity (Wildman–Crippen MR) is 75.2 cm³/mol. The lowest BCUT2D eigenvalue weighted by Gasteiger charge is -2.51. The molecule has 1 aliphatic rings. The van der Waals surface area contributed by atoms with Crippen LogP contribution in [0.15, 0.2) is 0 Å². The summed E-state index contributed by atoms with van der Waals surface area (Å²) in [6.45, 7) is 10.9. The second kappa shape index (κ2) is 4.46. The molecule has 1 aromatic heterocycles. The predicted octanol–water partition coefficient (Wildman–Crippen LogP) is 3.06. The van der Waals surface area contributed by atoms with E-state index in [1.165, 1.54) is 11.5 Å². The largest absolute Gasteiger partial charge is 0.381 e. The Kier molecular flexibility index (Phi) is 3.40. The van der Waals surface area contributed by atoms with Gasteiger partial charge in [0.1, 0.15) is 5.82 Å². The van der Waals surface area contributed by atoms with E-state index in [1.54, 1.807) is 7.11 Å². The van der Waals surface area contributed by atoms with Gasteiger partial charge in [-0.2, -0.15) is 4.37 Å². The maximum absolute atomic E-state index is 5.46. The minimum atomic E-state index is 0.0145. The number of aromatic nitrogens is 2. The summed E-state index contributed by atoms with van der Waals surface area (Å²) < 4.78 is 9.88. The van der Waals surface area contributed by atoms with Crippen LogP contribution in [-0.2, 0) is 10.2 Å². The van der Waals surface area contributed by atoms with Gasteiger partial charge in [0.2, 0.25) is 5.13 Å². The lowest BCUT2D eigenvalue weighted by Crippen LogP contribution is -2.57. The van der Waals surface area contributed by atoms with Crippen LogP contribution >= 0.6 is 11.5 Å². The van der Waals surface area contributed by atoms with Gasteiger partial charge in [-0.15, -0.1) is 0 Å². The van der Waals surface area contributed by atoms with Crippen LogP contribution in [0.2, 0.25) is 0 Å². The summed E-state index contributed by atoms with van der Waals surface area (Å²) in [5.41, 5.74) is 0.170. The van der Waals surface area contributed by atoms with Crippen molar-refractivity contribution in [2.45, 2.75) is 58.6 Å². The summed E-state index contributed by atoms with van der Waals surface area (Å²) in [6.07, 6.45) is 1.37. The fourth-order valence-corrected chi connectivity index (χ4v) is 3.08. The molecule has 0 bridgehead atoms. The first-order valence-corrected chi connectivity index (χ1v) is 7.16. The number of hydrogen-bond donors (Lipinski definition) is 1. The van der Waals surface area contributed by atoms with Crippen LogP contribution in [-0.4, -0.2) is 28.6 Å². The molecule has 4 nitrogen and oxygen atoms in total. The first-order chi connectivity index (χ1) is 8.25. The number of hydrogen-bond acceptors (Lipinski definition) is 5. The highest BCUT2D eigenvalue weighted by atomic mass is 32.1. The van der Waals surface area contributed by atoms with Gasteiger partial charge >= 0.3 is 0 Å². The second-order valence-corrected chi connectivity index (χ2v) is 7.40. The van der Waals surface area contributed by atoms with Gasteiger partial charge in [-0.05, 0) is 6.42 Å². The molecule has 2 rings (SSSR count). The van der Waals surface area contributed by atoms with Crippen LogP contribution in [0.4, 0.5) is 5.13 Å². The third kappa shape index (κ3) is 2.38. The SMILES string of the molecule is COC1CC(Nc2nc(C(C)(C)C)ns2)C1(C)C. The van der Waals surface area contributed by atoms with Gasteiger partial charge in [0, 0.05) is 35.5 Å². The third-order valence-corrected chi connectivity index (χ3v) is 4.50. The van der Waals surface area contributed by atoms with Crippen LogP contribution in [0.3, 0.4) is 0 Å². The molecule has 2 unspecified atom stereocenters. The molecule has 0 aliphatic heterocycles. The van der Waals surface area contributed by atoms with Crippen LogP contribution in [0, 0.1) is 5.41 Å².